The number of aromatic nitrogens is 3. The van der Waals surface area contributed by atoms with E-state index in [1.165, 1.54) is 6.07 Å². The molecule has 3 rings (SSSR count). The molecule has 100 valence electrons. The van der Waals surface area contributed by atoms with Crippen LogP contribution in [0.5, 0.6) is 0 Å². The van der Waals surface area contributed by atoms with E-state index < -0.39 is 5.82 Å². The highest BCUT2D eigenvalue weighted by molar-refractivity contribution is 6.07. The van der Waals surface area contributed by atoms with Crippen molar-refractivity contribution >= 4 is 16.8 Å². The third kappa shape index (κ3) is 1.97. The Morgan fingerprint density at radius 1 is 1.35 bits per heavy atom. The molecule has 3 aromatic heterocycles. The number of Topliss-reactive ketones (excluding diaryl/α,β-unsaturated/α-hetero) is 1. The van der Waals surface area contributed by atoms with Crippen LogP contribution >= 0.6 is 0 Å². The molecule has 3 aromatic rings. The Kier molecular flexibility index (Phi) is 3.02. The minimum Gasteiger partial charge on any atom is -0.294 e. The van der Waals surface area contributed by atoms with Crippen LogP contribution in [0.3, 0.4) is 0 Å². The molecule has 0 bridgehead atoms. The molecule has 3 heterocycles. The maximum Gasteiger partial charge on any atom is 0.164 e. The molecule has 0 aliphatic carbocycles. The van der Waals surface area contributed by atoms with Gasteiger partial charge in [-0.05, 0) is 18.2 Å². The van der Waals surface area contributed by atoms with Crippen LogP contribution in [-0.2, 0) is 0 Å². The van der Waals surface area contributed by atoms with Crippen molar-refractivity contribution in [1.82, 2.24) is 14.5 Å². The van der Waals surface area contributed by atoms with E-state index in [4.69, 9.17) is 0 Å². The maximum absolute atomic E-state index is 13.4. The third-order valence-corrected chi connectivity index (χ3v) is 3.13. The number of nitrogens with zero attached hydrogens (tertiary/aromatic N) is 3. The van der Waals surface area contributed by atoms with E-state index in [0.29, 0.717) is 28.8 Å². The van der Waals surface area contributed by atoms with Gasteiger partial charge in [0.2, 0.25) is 0 Å². The average molecular weight is 269 g/mol. The Hall–Kier alpha value is -2.56. The van der Waals surface area contributed by atoms with Gasteiger partial charge in [0.05, 0.1) is 6.20 Å². The van der Waals surface area contributed by atoms with Crippen LogP contribution in [0.2, 0.25) is 0 Å². The molecule has 0 aliphatic heterocycles. The molecule has 0 saturated carbocycles. The van der Waals surface area contributed by atoms with Gasteiger partial charge in [-0.1, -0.05) is 13.0 Å². The van der Waals surface area contributed by atoms with Gasteiger partial charge in [0.25, 0.3) is 0 Å². The first-order valence-electron chi connectivity index (χ1n) is 6.32. The molecular formula is C15H12FN3O. The van der Waals surface area contributed by atoms with Crippen LogP contribution in [0.25, 0.3) is 16.9 Å². The zero-order chi connectivity index (χ0) is 14.1. The standard InChI is InChI=1S/C15H12FN3O/c1-2-13(20)12-9-19(14-5-3-4-6-17-14)15-11(12)7-10(16)8-18-15/h3-9H,2H2,1H3. The highest BCUT2D eigenvalue weighted by Gasteiger charge is 2.16. The van der Waals surface area contributed by atoms with E-state index >= 15 is 0 Å². The molecule has 0 saturated heterocycles. The van der Waals surface area contributed by atoms with Gasteiger partial charge in [-0.3, -0.25) is 9.36 Å². The summed E-state index contributed by atoms with van der Waals surface area (Å²) in [6, 6.07) is 6.80. The zero-order valence-electron chi connectivity index (χ0n) is 10.9. The van der Waals surface area contributed by atoms with Gasteiger partial charge in [0.15, 0.2) is 5.78 Å². The Bertz CT molecular complexity index is 780. The van der Waals surface area contributed by atoms with Crippen molar-refractivity contribution in [3.05, 3.63) is 54.2 Å². The molecule has 0 fully saturated rings. The van der Waals surface area contributed by atoms with Gasteiger partial charge in [0.1, 0.15) is 17.3 Å². The highest BCUT2D eigenvalue weighted by atomic mass is 19.1. The third-order valence-electron chi connectivity index (χ3n) is 3.13. The van der Waals surface area contributed by atoms with E-state index in [0.717, 1.165) is 6.20 Å². The van der Waals surface area contributed by atoms with Crippen molar-refractivity contribution in [3.8, 4) is 5.82 Å². The molecular weight excluding hydrogens is 257 g/mol. The largest absolute Gasteiger partial charge is 0.294 e. The molecule has 0 aliphatic rings. The summed E-state index contributed by atoms with van der Waals surface area (Å²) in [7, 11) is 0. The summed E-state index contributed by atoms with van der Waals surface area (Å²) in [5, 5.41) is 0.516. The first kappa shape index (κ1) is 12.5. The van der Waals surface area contributed by atoms with Crippen molar-refractivity contribution < 1.29 is 9.18 Å². The summed E-state index contributed by atoms with van der Waals surface area (Å²) >= 11 is 0. The number of carbonyl (C=O) groups is 1. The monoisotopic (exact) mass is 269 g/mol. The van der Waals surface area contributed by atoms with Crippen molar-refractivity contribution in [2.75, 3.05) is 0 Å². The first-order valence-corrected chi connectivity index (χ1v) is 6.32. The number of ketones is 1. The molecule has 0 aromatic carbocycles. The van der Waals surface area contributed by atoms with Gasteiger partial charge in [-0.25, -0.2) is 14.4 Å². The lowest BCUT2D eigenvalue weighted by Crippen LogP contribution is -1.97. The van der Waals surface area contributed by atoms with Gasteiger partial charge in [0, 0.05) is 29.8 Å². The van der Waals surface area contributed by atoms with Crippen LogP contribution < -0.4 is 0 Å². The number of rotatable bonds is 3. The zero-order valence-corrected chi connectivity index (χ0v) is 10.9. The van der Waals surface area contributed by atoms with E-state index in [1.54, 1.807) is 30.0 Å². The van der Waals surface area contributed by atoms with Gasteiger partial charge in [-0.15, -0.1) is 0 Å². The van der Waals surface area contributed by atoms with Crippen LogP contribution in [0.1, 0.15) is 23.7 Å². The molecule has 0 unspecified atom stereocenters. The first-order chi connectivity index (χ1) is 9.70. The maximum atomic E-state index is 13.4. The molecule has 0 radical (unpaired) electrons. The lowest BCUT2D eigenvalue weighted by molar-refractivity contribution is 0.0989. The number of halogens is 1. The minimum atomic E-state index is -0.457. The van der Waals surface area contributed by atoms with Crippen LogP contribution in [0, 0.1) is 5.82 Å². The van der Waals surface area contributed by atoms with Crippen LogP contribution in [0.4, 0.5) is 4.39 Å². The summed E-state index contributed by atoms with van der Waals surface area (Å²) in [6.07, 6.45) is 4.83. The van der Waals surface area contributed by atoms with Gasteiger partial charge in [-0.2, -0.15) is 0 Å². The van der Waals surface area contributed by atoms with Crippen molar-refractivity contribution in [2.24, 2.45) is 0 Å². The second-order valence-corrected chi connectivity index (χ2v) is 4.40. The molecule has 5 heteroatoms. The van der Waals surface area contributed by atoms with Crippen LogP contribution in [0.15, 0.2) is 42.9 Å². The molecule has 0 N–H and O–H groups in total. The predicted molar refractivity (Wildman–Crippen MR) is 73.4 cm³/mol. The summed E-state index contributed by atoms with van der Waals surface area (Å²) in [6.45, 7) is 1.78. The van der Waals surface area contributed by atoms with Crippen molar-refractivity contribution in [3.63, 3.8) is 0 Å². The molecule has 4 nitrogen and oxygen atoms in total. The van der Waals surface area contributed by atoms with E-state index in [1.807, 2.05) is 12.1 Å². The fourth-order valence-corrected chi connectivity index (χ4v) is 2.17. The number of pyridine rings is 2. The summed E-state index contributed by atoms with van der Waals surface area (Å²) in [4.78, 5) is 20.3. The van der Waals surface area contributed by atoms with Crippen molar-refractivity contribution in [1.29, 1.82) is 0 Å². The molecule has 20 heavy (non-hydrogen) atoms. The van der Waals surface area contributed by atoms with E-state index in [9.17, 15) is 9.18 Å². The van der Waals surface area contributed by atoms with Crippen molar-refractivity contribution in [2.45, 2.75) is 13.3 Å². The summed E-state index contributed by atoms with van der Waals surface area (Å²) < 4.78 is 15.1. The lowest BCUT2D eigenvalue weighted by atomic mass is 10.1. The fourth-order valence-electron chi connectivity index (χ4n) is 2.17. The van der Waals surface area contributed by atoms with E-state index in [2.05, 4.69) is 9.97 Å². The number of hydrogen-bond acceptors (Lipinski definition) is 3. The van der Waals surface area contributed by atoms with Gasteiger partial charge < -0.3 is 0 Å². The fraction of sp³-hybridized carbons (Fsp3) is 0.133. The van der Waals surface area contributed by atoms with Crippen LogP contribution in [-0.4, -0.2) is 20.3 Å². The normalized spacial score (nSPS) is 10.9. The second-order valence-electron chi connectivity index (χ2n) is 4.40. The Labute approximate surface area is 114 Å². The topological polar surface area (TPSA) is 47.8 Å². The van der Waals surface area contributed by atoms with E-state index in [-0.39, 0.29) is 5.78 Å². The molecule has 0 atom stereocenters. The average Bonchev–Trinajstić information content (AvgIpc) is 2.86. The summed E-state index contributed by atoms with van der Waals surface area (Å²) in [5.41, 5.74) is 1.00. The predicted octanol–water partition coefficient (Wildman–Crippen LogP) is 3.15. The number of fused-ring (bicyclic) bond motifs is 1. The lowest BCUT2D eigenvalue weighted by Gasteiger charge is -2.02. The molecule has 0 amide bonds. The quantitative estimate of drug-likeness (QED) is 0.686. The molecule has 0 spiro atoms. The Balaban J connectivity index is 2.31. The minimum absolute atomic E-state index is 0.0444. The number of hydrogen-bond donors (Lipinski definition) is 0. The Morgan fingerprint density at radius 3 is 2.90 bits per heavy atom. The summed E-state index contributed by atoms with van der Waals surface area (Å²) in [5.74, 6) is 0.144. The van der Waals surface area contributed by atoms with Gasteiger partial charge >= 0.3 is 0 Å². The SMILES string of the molecule is CCC(=O)c1cn(-c2ccccn2)c2ncc(F)cc12. The smallest absolute Gasteiger partial charge is 0.164 e. The highest BCUT2D eigenvalue weighted by Crippen LogP contribution is 2.24. The number of carbonyl (C=O) groups excluding carboxylic acids is 1. The Morgan fingerprint density at radius 2 is 2.20 bits per heavy atom. The second kappa shape index (κ2) is 4.85.